The van der Waals surface area contributed by atoms with Gasteiger partial charge in [-0.1, -0.05) is 23.7 Å². The number of aromatic nitrogens is 1. The smallest absolute Gasteiger partial charge is 0.273 e. The Morgan fingerprint density at radius 3 is 3.10 bits per heavy atom. The molecule has 0 aliphatic carbocycles. The van der Waals surface area contributed by atoms with Crippen LogP contribution in [0.3, 0.4) is 0 Å². The molecule has 0 saturated carbocycles. The maximum Gasteiger partial charge on any atom is 0.273 e. The molecule has 21 heavy (non-hydrogen) atoms. The first-order valence-electron chi connectivity index (χ1n) is 6.88. The fourth-order valence-corrected chi connectivity index (χ4v) is 3.48. The minimum absolute atomic E-state index is 0.00419. The van der Waals surface area contributed by atoms with Crippen LogP contribution >= 0.6 is 22.9 Å². The zero-order valence-corrected chi connectivity index (χ0v) is 13.0. The predicted molar refractivity (Wildman–Crippen MR) is 85.6 cm³/mol. The number of hydrogen-bond acceptors (Lipinski definition) is 4. The van der Waals surface area contributed by atoms with E-state index in [1.165, 1.54) is 11.3 Å². The average Bonchev–Trinajstić information content (AvgIpc) is 3.16. The van der Waals surface area contributed by atoms with E-state index in [-0.39, 0.29) is 5.91 Å². The number of amides is 1. The molecule has 1 aromatic carbocycles. The van der Waals surface area contributed by atoms with Crippen LogP contribution in [0.15, 0.2) is 29.6 Å². The van der Waals surface area contributed by atoms with Gasteiger partial charge in [-0.2, -0.15) is 0 Å². The number of thiazole rings is 1. The Hall–Kier alpha value is -1.43. The highest BCUT2D eigenvalue weighted by molar-refractivity contribution is 7.13. The predicted octanol–water partition coefficient (Wildman–Crippen LogP) is 2.88. The third-order valence-corrected chi connectivity index (χ3v) is 4.83. The molecule has 0 bridgehead atoms. The standard InChI is InChI=1S/C15H16ClN3OS/c16-12-3-1-2-11(6-12)14-18-13(9-21-14)15(20)19-5-4-10(7-17)8-19/h1-3,6,9-10H,4-5,7-8,17H2. The van der Waals surface area contributed by atoms with Crippen LogP contribution in [-0.4, -0.2) is 35.4 Å². The lowest BCUT2D eigenvalue weighted by molar-refractivity contribution is 0.0783. The topological polar surface area (TPSA) is 59.2 Å². The van der Waals surface area contributed by atoms with Gasteiger partial charge in [0.05, 0.1) is 0 Å². The normalized spacial score (nSPS) is 18.2. The van der Waals surface area contributed by atoms with Crippen molar-refractivity contribution in [2.45, 2.75) is 6.42 Å². The number of nitrogens with zero attached hydrogens (tertiary/aromatic N) is 2. The number of benzene rings is 1. The largest absolute Gasteiger partial charge is 0.337 e. The Kier molecular flexibility index (Phi) is 4.24. The third-order valence-electron chi connectivity index (χ3n) is 3.70. The second-order valence-electron chi connectivity index (χ2n) is 5.19. The van der Waals surface area contributed by atoms with Gasteiger partial charge in [0.15, 0.2) is 0 Å². The van der Waals surface area contributed by atoms with Gasteiger partial charge in [-0.15, -0.1) is 11.3 Å². The van der Waals surface area contributed by atoms with Crippen LogP contribution in [0.4, 0.5) is 0 Å². The summed E-state index contributed by atoms with van der Waals surface area (Å²) in [6.45, 7) is 2.14. The summed E-state index contributed by atoms with van der Waals surface area (Å²) in [6.07, 6.45) is 0.980. The highest BCUT2D eigenvalue weighted by Crippen LogP contribution is 2.27. The van der Waals surface area contributed by atoms with E-state index < -0.39 is 0 Å². The molecule has 1 amide bonds. The van der Waals surface area contributed by atoms with Crippen molar-refractivity contribution in [3.63, 3.8) is 0 Å². The van der Waals surface area contributed by atoms with E-state index in [4.69, 9.17) is 17.3 Å². The van der Waals surface area contributed by atoms with Gasteiger partial charge in [0.2, 0.25) is 0 Å². The van der Waals surface area contributed by atoms with Crippen LogP contribution in [0.25, 0.3) is 10.6 Å². The van der Waals surface area contributed by atoms with Crippen LogP contribution in [0.2, 0.25) is 5.02 Å². The van der Waals surface area contributed by atoms with Crippen LogP contribution in [0.1, 0.15) is 16.9 Å². The molecule has 2 aromatic rings. The molecule has 1 fully saturated rings. The molecule has 0 radical (unpaired) electrons. The molecule has 2 N–H and O–H groups in total. The van der Waals surface area contributed by atoms with Crippen molar-refractivity contribution in [3.05, 3.63) is 40.4 Å². The van der Waals surface area contributed by atoms with Crippen molar-refractivity contribution in [1.29, 1.82) is 0 Å². The maximum atomic E-state index is 12.4. The number of rotatable bonds is 3. The van der Waals surface area contributed by atoms with E-state index in [0.29, 0.717) is 23.2 Å². The Morgan fingerprint density at radius 1 is 1.52 bits per heavy atom. The fraction of sp³-hybridized carbons (Fsp3) is 0.333. The molecule has 2 heterocycles. The monoisotopic (exact) mass is 321 g/mol. The summed E-state index contributed by atoms with van der Waals surface area (Å²) in [5, 5.41) is 3.30. The van der Waals surface area contributed by atoms with Gasteiger partial charge in [0.1, 0.15) is 10.7 Å². The summed E-state index contributed by atoms with van der Waals surface area (Å²) in [5.41, 5.74) is 7.11. The number of hydrogen-bond donors (Lipinski definition) is 1. The molecular weight excluding hydrogens is 306 g/mol. The quantitative estimate of drug-likeness (QED) is 0.945. The molecule has 110 valence electrons. The van der Waals surface area contributed by atoms with E-state index in [0.717, 1.165) is 30.1 Å². The lowest BCUT2D eigenvalue weighted by Crippen LogP contribution is -2.30. The van der Waals surface area contributed by atoms with E-state index in [1.807, 2.05) is 34.5 Å². The number of nitrogens with two attached hydrogens (primary N) is 1. The minimum Gasteiger partial charge on any atom is -0.337 e. The van der Waals surface area contributed by atoms with E-state index in [1.54, 1.807) is 0 Å². The van der Waals surface area contributed by atoms with Crippen molar-refractivity contribution in [3.8, 4) is 10.6 Å². The van der Waals surface area contributed by atoms with Gasteiger partial charge < -0.3 is 10.6 Å². The van der Waals surface area contributed by atoms with E-state index in [9.17, 15) is 4.79 Å². The summed E-state index contributed by atoms with van der Waals surface area (Å²) in [5.74, 6) is 0.412. The number of carbonyl (C=O) groups is 1. The highest BCUT2D eigenvalue weighted by Gasteiger charge is 2.27. The highest BCUT2D eigenvalue weighted by atomic mass is 35.5. The van der Waals surface area contributed by atoms with Gasteiger partial charge in [0.25, 0.3) is 5.91 Å². The van der Waals surface area contributed by atoms with Gasteiger partial charge >= 0.3 is 0 Å². The average molecular weight is 322 g/mol. The second kappa shape index (κ2) is 6.13. The number of likely N-dealkylation sites (tertiary alicyclic amines) is 1. The van der Waals surface area contributed by atoms with Crippen LogP contribution < -0.4 is 5.73 Å². The van der Waals surface area contributed by atoms with Gasteiger partial charge in [-0.05, 0) is 31.0 Å². The number of carbonyl (C=O) groups excluding carboxylic acids is 1. The second-order valence-corrected chi connectivity index (χ2v) is 6.48. The molecule has 6 heteroatoms. The SMILES string of the molecule is NCC1CCN(C(=O)c2csc(-c3cccc(Cl)c3)n2)C1. The summed E-state index contributed by atoms with van der Waals surface area (Å²) in [6, 6.07) is 7.50. The first-order chi connectivity index (χ1) is 10.2. The van der Waals surface area contributed by atoms with Crippen LogP contribution in [0, 0.1) is 5.92 Å². The van der Waals surface area contributed by atoms with Crippen molar-refractivity contribution in [2.24, 2.45) is 11.7 Å². The Morgan fingerprint density at radius 2 is 2.38 bits per heavy atom. The van der Waals surface area contributed by atoms with Crippen LogP contribution in [-0.2, 0) is 0 Å². The van der Waals surface area contributed by atoms with Crippen molar-refractivity contribution >= 4 is 28.8 Å². The van der Waals surface area contributed by atoms with Crippen molar-refractivity contribution in [2.75, 3.05) is 19.6 Å². The van der Waals surface area contributed by atoms with Crippen molar-refractivity contribution < 1.29 is 4.79 Å². The maximum absolute atomic E-state index is 12.4. The van der Waals surface area contributed by atoms with E-state index >= 15 is 0 Å². The molecule has 1 aliphatic heterocycles. The molecule has 1 aliphatic rings. The molecule has 1 aromatic heterocycles. The van der Waals surface area contributed by atoms with Gasteiger partial charge in [-0.3, -0.25) is 4.79 Å². The first-order valence-corrected chi connectivity index (χ1v) is 8.14. The zero-order chi connectivity index (χ0) is 14.8. The summed E-state index contributed by atoms with van der Waals surface area (Å²) < 4.78 is 0. The minimum atomic E-state index is -0.00419. The fourth-order valence-electron chi connectivity index (χ4n) is 2.50. The summed E-state index contributed by atoms with van der Waals surface area (Å²) in [4.78, 5) is 18.7. The van der Waals surface area contributed by atoms with Crippen molar-refractivity contribution in [1.82, 2.24) is 9.88 Å². The third kappa shape index (κ3) is 3.10. The first kappa shape index (κ1) is 14.5. The summed E-state index contributed by atoms with van der Waals surface area (Å²) in [7, 11) is 0. The zero-order valence-electron chi connectivity index (χ0n) is 11.5. The van der Waals surface area contributed by atoms with E-state index in [2.05, 4.69) is 4.98 Å². The Balaban J connectivity index is 1.77. The van der Waals surface area contributed by atoms with Gasteiger partial charge in [-0.25, -0.2) is 4.98 Å². The molecule has 3 rings (SSSR count). The Bertz CT molecular complexity index is 658. The molecule has 0 spiro atoms. The molecule has 4 nitrogen and oxygen atoms in total. The lowest BCUT2D eigenvalue weighted by Gasteiger charge is -2.14. The molecule has 1 saturated heterocycles. The van der Waals surface area contributed by atoms with Crippen LogP contribution in [0.5, 0.6) is 0 Å². The molecular formula is C15H16ClN3OS. The Labute approximate surface area is 132 Å². The molecule has 1 unspecified atom stereocenters. The van der Waals surface area contributed by atoms with Gasteiger partial charge in [0, 0.05) is 29.1 Å². The number of halogens is 1. The lowest BCUT2D eigenvalue weighted by atomic mass is 10.1. The molecule has 1 atom stereocenters. The summed E-state index contributed by atoms with van der Waals surface area (Å²) >= 11 is 7.45.